The summed E-state index contributed by atoms with van der Waals surface area (Å²) >= 11 is 0. The molecule has 0 aliphatic rings. The van der Waals surface area contributed by atoms with E-state index in [9.17, 15) is 4.79 Å². The Morgan fingerprint density at radius 1 is 1.44 bits per heavy atom. The fourth-order valence-electron chi connectivity index (χ4n) is 1.77. The van der Waals surface area contributed by atoms with Crippen molar-refractivity contribution in [1.82, 2.24) is 0 Å². The number of rotatable bonds is 4. The lowest BCUT2D eigenvalue weighted by molar-refractivity contribution is 0.101. The van der Waals surface area contributed by atoms with E-state index in [1.54, 1.807) is 12.1 Å². The minimum absolute atomic E-state index is 0.0880. The van der Waals surface area contributed by atoms with Crippen LogP contribution in [-0.2, 0) is 6.42 Å². The van der Waals surface area contributed by atoms with Gasteiger partial charge in [-0.2, -0.15) is 5.26 Å². The zero-order valence-electron chi connectivity index (χ0n) is 9.83. The van der Waals surface area contributed by atoms with Gasteiger partial charge in [0, 0.05) is 11.1 Å². The molecule has 0 fully saturated rings. The van der Waals surface area contributed by atoms with E-state index in [4.69, 9.17) is 10.00 Å². The molecule has 0 radical (unpaired) electrons. The van der Waals surface area contributed by atoms with Gasteiger partial charge in [-0.1, -0.05) is 6.92 Å². The predicted octanol–water partition coefficient (Wildman–Crippen LogP) is 2.72. The van der Waals surface area contributed by atoms with Crippen LogP contribution in [0.2, 0.25) is 0 Å². The Balaban J connectivity index is 3.44. The Kier molecular flexibility index (Phi) is 4.07. The normalized spacial score (nSPS) is 9.62. The summed E-state index contributed by atoms with van der Waals surface area (Å²) in [4.78, 5) is 11.6. The van der Waals surface area contributed by atoms with Crippen molar-refractivity contribution in [1.29, 1.82) is 5.26 Å². The molecule has 0 saturated heterocycles. The number of ether oxygens (including phenoxy) is 1. The van der Waals surface area contributed by atoms with E-state index < -0.39 is 0 Å². The van der Waals surface area contributed by atoms with Crippen molar-refractivity contribution >= 4 is 5.78 Å². The number of nitriles is 1. The maximum absolute atomic E-state index is 11.6. The number of carbonyl (C=O) groups is 1. The third-order valence-corrected chi connectivity index (χ3v) is 2.40. The summed E-state index contributed by atoms with van der Waals surface area (Å²) < 4.78 is 5.46. The molecule has 0 bridgehead atoms. The Bertz CT molecular complexity index is 444. The van der Waals surface area contributed by atoms with Crippen LogP contribution in [-0.4, -0.2) is 12.4 Å². The molecule has 16 heavy (non-hydrogen) atoms. The Hall–Kier alpha value is -1.82. The van der Waals surface area contributed by atoms with Gasteiger partial charge < -0.3 is 4.74 Å². The van der Waals surface area contributed by atoms with E-state index in [1.807, 2.05) is 19.9 Å². The molecule has 1 aromatic carbocycles. The zero-order valence-corrected chi connectivity index (χ0v) is 9.83. The van der Waals surface area contributed by atoms with Gasteiger partial charge in [0.05, 0.1) is 18.2 Å². The second-order valence-electron chi connectivity index (χ2n) is 3.42. The van der Waals surface area contributed by atoms with Gasteiger partial charge in [0.15, 0.2) is 5.78 Å². The molecular weight excluding hydrogens is 202 g/mol. The zero-order chi connectivity index (χ0) is 12.1. The van der Waals surface area contributed by atoms with Crippen LogP contribution in [0.4, 0.5) is 0 Å². The minimum Gasteiger partial charge on any atom is -0.494 e. The van der Waals surface area contributed by atoms with Crippen molar-refractivity contribution in [3.63, 3.8) is 0 Å². The molecule has 3 heteroatoms. The summed E-state index contributed by atoms with van der Waals surface area (Å²) in [5.74, 6) is 0.615. The lowest BCUT2D eigenvalue weighted by Crippen LogP contribution is -2.06. The maximum atomic E-state index is 11.6. The van der Waals surface area contributed by atoms with E-state index in [2.05, 4.69) is 0 Å². The SMILES string of the molecule is CCOc1ccc(C#N)c(C(C)=O)c1CC. The Morgan fingerprint density at radius 3 is 2.56 bits per heavy atom. The van der Waals surface area contributed by atoms with Gasteiger partial charge in [-0.3, -0.25) is 4.79 Å². The average Bonchev–Trinajstić information content (AvgIpc) is 2.28. The van der Waals surface area contributed by atoms with Crippen molar-refractivity contribution in [2.24, 2.45) is 0 Å². The van der Waals surface area contributed by atoms with Gasteiger partial charge in [-0.15, -0.1) is 0 Å². The smallest absolute Gasteiger partial charge is 0.161 e. The molecule has 3 nitrogen and oxygen atoms in total. The summed E-state index contributed by atoms with van der Waals surface area (Å²) in [6.45, 7) is 5.87. The molecule has 0 atom stereocenters. The van der Waals surface area contributed by atoms with Gasteiger partial charge in [0.2, 0.25) is 0 Å². The van der Waals surface area contributed by atoms with Crippen LogP contribution in [0.15, 0.2) is 12.1 Å². The number of hydrogen-bond acceptors (Lipinski definition) is 3. The third kappa shape index (κ3) is 2.22. The highest BCUT2D eigenvalue weighted by Gasteiger charge is 2.16. The fourth-order valence-corrected chi connectivity index (χ4v) is 1.77. The highest BCUT2D eigenvalue weighted by Crippen LogP contribution is 2.26. The lowest BCUT2D eigenvalue weighted by atomic mass is 9.96. The number of carbonyl (C=O) groups excluding carboxylic acids is 1. The number of benzene rings is 1. The van der Waals surface area contributed by atoms with Crippen LogP contribution in [0, 0.1) is 11.3 Å². The fraction of sp³-hybridized carbons (Fsp3) is 0.385. The predicted molar refractivity (Wildman–Crippen MR) is 61.7 cm³/mol. The molecule has 0 aromatic heterocycles. The maximum Gasteiger partial charge on any atom is 0.161 e. The quantitative estimate of drug-likeness (QED) is 0.728. The van der Waals surface area contributed by atoms with Gasteiger partial charge in [0.1, 0.15) is 5.75 Å². The second kappa shape index (κ2) is 5.32. The number of nitrogens with zero attached hydrogens (tertiary/aromatic N) is 1. The van der Waals surface area contributed by atoms with E-state index in [0.29, 0.717) is 29.9 Å². The monoisotopic (exact) mass is 217 g/mol. The summed E-state index contributed by atoms with van der Waals surface area (Å²) in [5, 5.41) is 8.97. The van der Waals surface area contributed by atoms with Gasteiger partial charge in [-0.25, -0.2) is 0 Å². The first-order valence-corrected chi connectivity index (χ1v) is 5.35. The summed E-state index contributed by atoms with van der Waals surface area (Å²) in [7, 11) is 0. The first-order chi connectivity index (χ1) is 7.65. The van der Waals surface area contributed by atoms with Crippen LogP contribution in [0.3, 0.4) is 0 Å². The van der Waals surface area contributed by atoms with Crippen LogP contribution < -0.4 is 4.74 Å². The molecule has 0 spiro atoms. The lowest BCUT2D eigenvalue weighted by Gasteiger charge is -2.13. The molecule has 0 saturated carbocycles. The molecular formula is C13H15NO2. The van der Waals surface area contributed by atoms with E-state index in [0.717, 1.165) is 5.56 Å². The summed E-state index contributed by atoms with van der Waals surface area (Å²) in [6, 6.07) is 5.44. The van der Waals surface area contributed by atoms with E-state index >= 15 is 0 Å². The van der Waals surface area contributed by atoms with Crippen molar-refractivity contribution in [2.75, 3.05) is 6.61 Å². The largest absolute Gasteiger partial charge is 0.494 e. The van der Waals surface area contributed by atoms with Crippen LogP contribution in [0.5, 0.6) is 5.75 Å². The summed E-state index contributed by atoms with van der Waals surface area (Å²) in [5.41, 5.74) is 1.75. The number of Topliss-reactive ketones (excluding diaryl/α,β-unsaturated/α-hetero) is 1. The average molecular weight is 217 g/mol. The van der Waals surface area contributed by atoms with Gasteiger partial charge in [0.25, 0.3) is 0 Å². The molecule has 0 unspecified atom stereocenters. The molecule has 0 amide bonds. The first-order valence-electron chi connectivity index (χ1n) is 5.35. The third-order valence-electron chi connectivity index (χ3n) is 2.40. The molecule has 1 aromatic rings. The Morgan fingerprint density at radius 2 is 2.12 bits per heavy atom. The molecule has 1 rings (SSSR count). The molecule has 0 heterocycles. The Labute approximate surface area is 95.7 Å². The summed E-state index contributed by atoms with van der Waals surface area (Å²) in [6.07, 6.45) is 0.680. The molecule has 0 aliphatic carbocycles. The van der Waals surface area contributed by atoms with Gasteiger partial charge in [-0.05, 0) is 32.4 Å². The van der Waals surface area contributed by atoms with Crippen LogP contribution in [0.25, 0.3) is 0 Å². The highest BCUT2D eigenvalue weighted by molar-refractivity contribution is 5.98. The number of ketones is 1. The van der Waals surface area contributed by atoms with Crippen molar-refractivity contribution in [2.45, 2.75) is 27.2 Å². The molecule has 84 valence electrons. The van der Waals surface area contributed by atoms with Crippen molar-refractivity contribution in [3.8, 4) is 11.8 Å². The van der Waals surface area contributed by atoms with Crippen LogP contribution in [0.1, 0.15) is 42.3 Å². The number of hydrogen-bond donors (Lipinski definition) is 0. The van der Waals surface area contributed by atoms with Gasteiger partial charge >= 0.3 is 0 Å². The highest BCUT2D eigenvalue weighted by atomic mass is 16.5. The van der Waals surface area contributed by atoms with E-state index in [1.165, 1.54) is 6.92 Å². The minimum atomic E-state index is -0.0880. The topological polar surface area (TPSA) is 50.1 Å². The van der Waals surface area contributed by atoms with Crippen molar-refractivity contribution in [3.05, 3.63) is 28.8 Å². The first kappa shape index (κ1) is 12.3. The standard InChI is InChI=1S/C13H15NO2/c1-4-11-12(16-5-2)7-6-10(8-14)13(11)9(3)15/h6-7H,4-5H2,1-3H3. The second-order valence-corrected chi connectivity index (χ2v) is 3.42. The van der Waals surface area contributed by atoms with Crippen LogP contribution >= 0.6 is 0 Å². The molecule has 0 N–H and O–H groups in total. The van der Waals surface area contributed by atoms with E-state index in [-0.39, 0.29) is 5.78 Å². The molecule has 0 aliphatic heterocycles. The van der Waals surface area contributed by atoms with Crippen molar-refractivity contribution < 1.29 is 9.53 Å².